The number of aliphatic hydroxyl groups excluding tert-OH is 6. The molecule has 0 aromatic heterocycles. The summed E-state index contributed by atoms with van der Waals surface area (Å²) in [5.74, 6) is -2.00. The summed E-state index contributed by atoms with van der Waals surface area (Å²) in [7, 11) is 0. The van der Waals surface area contributed by atoms with Gasteiger partial charge in [-0.1, -0.05) is 19.9 Å². The average molecular weight is 511 g/mol. The molecule has 202 valence electrons. The van der Waals surface area contributed by atoms with E-state index in [9.17, 15) is 40.2 Å². The quantitative estimate of drug-likeness (QED) is 0.213. The van der Waals surface area contributed by atoms with Crippen LogP contribution in [0.25, 0.3) is 0 Å². The van der Waals surface area contributed by atoms with E-state index in [1.165, 1.54) is 0 Å². The minimum Gasteiger partial charge on any atom is -0.432 e. The van der Waals surface area contributed by atoms with Crippen molar-refractivity contribution in [1.82, 2.24) is 0 Å². The summed E-state index contributed by atoms with van der Waals surface area (Å²) in [5.41, 5.74) is -2.36. The Bertz CT molecular complexity index is 951. The molecule has 4 aliphatic carbocycles. The zero-order chi connectivity index (χ0) is 26.4. The maximum atomic E-state index is 13.7. The standard InChI is InChI=1S/C26H38O10/c1-11-12-7-13(28)20-24(2)5-4-6-25(3,19(24)14(29)9-26(20,8-12)21(11)33)23(34)36-22-18(32)17(31)16(30)15(10-27)35-22/h12-20,22,27-32H,1,4-10H2,2-3H3/t12-,13+,14+,15-,16-,17+,18-,19+,20+,22+,24-,25-,26+/m1/s1. The number of allylic oxidation sites excluding steroid dienone is 1. The van der Waals surface area contributed by atoms with Crippen molar-refractivity contribution in [3.63, 3.8) is 0 Å². The number of carbonyl (C=O) groups is 2. The summed E-state index contributed by atoms with van der Waals surface area (Å²) in [4.78, 5) is 27.1. The van der Waals surface area contributed by atoms with Crippen LogP contribution in [0.3, 0.4) is 0 Å². The molecular formula is C26H38O10. The highest BCUT2D eigenvalue weighted by Gasteiger charge is 2.72. The Hall–Kier alpha value is -1.40. The fourth-order valence-corrected chi connectivity index (χ4v) is 9.04. The summed E-state index contributed by atoms with van der Waals surface area (Å²) in [5, 5.41) is 62.8. The van der Waals surface area contributed by atoms with E-state index in [0.717, 1.165) is 0 Å². The minimum absolute atomic E-state index is 0.0797. The maximum Gasteiger partial charge on any atom is 0.314 e. The third-order valence-corrected chi connectivity index (χ3v) is 10.4. The van der Waals surface area contributed by atoms with Gasteiger partial charge in [-0.15, -0.1) is 0 Å². The predicted molar refractivity (Wildman–Crippen MR) is 123 cm³/mol. The largest absolute Gasteiger partial charge is 0.432 e. The molecule has 5 fully saturated rings. The number of ketones is 1. The van der Waals surface area contributed by atoms with E-state index in [1.54, 1.807) is 6.92 Å². The molecule has 0 amide bonds. The maximum absolute atomic E-state index is 13.7. The van der Waals surface area contributed by atoms with Gasteiger partial charge in [0.25, 0.3) is 0 Å². The van der Waals surface area contributed by atoms with Gasteiger partial charge >= 0.3 is 5.97 Å². The normalized spacial score (nSPS) is 54.6. The van der Waals surface area contributed by atoms with Gasteiger partial charge < -0.3 is 40.1 Å². The third-order valence-electron chi connectivity index (χ3n) is 10.4. The molecule has 13 atom stereocenters. The van der Waals surface area contributed by atoms with E-state index in [-0.39, 0.29) is 18.1 Å². The smallest absolute Gasteiger partial charge is 0.314 e. The highest BCUT2D eigenvalue weighted by molar-refractivity contribution is 6.03. The number of hydrogen-bond acceptors (Lipinski definition) is 10. The Morgan fingerprint density at radius 2 is 1.72 bits per heavy atom. The molecule has 0 unspecified atom stereocenters. The fraction of sp³-hybridized carbons (Fsp3) is 0.846. The zero-order valence-electron chi connectivity index (χ0n) is 20.7. The summed E-state index contributed by atoms with van der Waals surface area (Å²) < 4.78 is 10.9. The molecule has 10 heteroatoms. The Morgan fingerprint density at radius 1 is 1.03 bits per heavy atom. The molecule has 0 aromatic rings. The molecule has 1 aliphatic heterocycles. The summed E-state index contributed by atoms with van der Waals surface area (Å²) in [6.07, 6.45) is -6.93. The van der Waals surface area contributed by atoms with Crippen LogP contribution in [0.5, 0.6) is 0 Å². The van der Waals surface area contributed by atoms with Crippen molar-refractivity contribution in [2.75, 3.05) is 6.61 Å². The van der Waals surface area contributed by atoms with Crippen LogP contribution < -0.4 is 0 Å². The van der Waals surface area contributed by atoms with E-state index < -0.39 is 83.6 Å². The van der Waals surface area contributed by atoms with E-state index in [0.29, 0.717) is 37.7 Å². The molecule has 5 rings (SSSR count). The van der Waals surface area contributed by atoms with Crippen molar-refractivity contribution >= 4 is 11.8 Å². The van der Waals surface area contributed by atoms with Crippen molar-refractivity contribution < 1.29 is 49.7 Å². The molecular weight excluding hydrogens is 472 g/mol. The van der Waals surface area contributed by atoms with Gasteiger partial charge in [0.05, 0.1) is 24.2 Å². The second-order valence-corrected chi connectivity index (χ2v) is 12.3. The summed E-state index contributed by atoms with van der Waals surface area (Å²) >= 11 is 0. The van der Waals surface area contributed by atoms with Gasteiger partial charge in [0, 0.05) is 17.3 Å². The van der Waals surface area contributed by atoms with Crippen LogP contribution in [0, 0.1) is 34.0 Å². The lowest BCUT2D eigenvalue weighted by atomic mass is 9.39. The van der Waals surface area contributed by atoms with E-state index in [2.05, 4.69) is 6.58 Å². The van der Waals surface area contributed by atoms with E-state index in [1.807, 2.05) is 6.92 Å². The van der Waals surface area contributed by atoms with E-state index >= 15 is 0 Å². The van der Waals surface area contributed by atoms with Gasteiger partial charge in [-0.3, -0.25) is 9.59 Å². The number of hydrogen-bond donors (Lipinski definition) is 6. The summed E-state index contributed by atoms with van der Waals surface area (Å²) in [6, 6.07) is 0. The van der Waals surface area contributed by atoms with Gasteiger partial charge in [-0.25, -0.2) is 0 Å². The molecule has 1 spiro atoms. The Balaban J connectivity index is 1.47. The molecule has 10 nitrogen and oxygen atoms in total. The average Bonchev–Trinajstić information content (AvgIpc) is 2.99. The number of Topliss-reactive ketones (excluding diaryl/α,β-unsaturated/α-hetero) is 1. The summed E-state index contributed by atoms with van der Waals surface area (Å²) in [6.45, 7) is 6.98. The number of fused-ring (bicyclic) bond motifs is 3. The Morgan fingerprint density at radius 3 is 2.39 bits per heavy atom. The minimum atomic E-state index is -1.73. The fourth-order valence-electron chi connectivity index (χ4n) is 9.04. The number of aliphatic hydroxyl groups is 6. The molecule has 6 N–H and O–H groups in total. The van der Waals surface area contributed by atoms with Crippen LogP contribution in [0.2, 0.25) is 0 Å². The van der Waals surface area contributed by atoms with Gasteiger partial charge in [0.15, 0.2) is 5.78 Å². The number of ether oxygens (including phenoxy) is 2. The molecule has 1 saturated heterocycles. The van der Waals surface area contributed by atoms with Crippen molar-refractivity contribution in [3.8, 4) is 0 Å². The molecule has 0 radical (unpaired) electrons. The predicted octanol–water partition coefficient (Wildman–Crippen LogP) is -0.581. The van der Waals surface area contributed by atoms with Crippen LogP contribution in [0.1, 0.15) is 52.4 Å². The molecule has 36 heavy (non-hydrogen) atoms. The first-order chi connectivity index (χ1) is 16.8. The monoisotopic (exact) mass is 510 g/mol. The van der Waals surface area contributed by atoms with Gasteiger partial charge in [0.1, 0.15) is 24.4 Å². The first-order valence-electron chi connectivity index (χ1n) is 12.9. The second-order valence-electron chi connectivity index (χ2n) is 12.3. The number of esters is 1. The van der Waals surface area contributed by atoms with Crippen LogP contribution in [0.15, 0.2) is 12.2 Å². The molecule has 2 bridgehead atoms. The molecule has 4 saturated carbocycles. The lowest BCUT2D eigenvalue weighted by Gasteiger charge is -2.65. The number of rotatable bonds is 3. The number of carbonyl (C=O) groups excluding carboxylic acids is 2. The molecule has 1 heterocycles. The topological polar surface area (TPSA) is 174 Å². The van der Waals surface area contributed by atoms with E-state index in [4.69, 9.17) is 9.47 Å². The van der Waals surface area contributed by atoms with Crippen LogP contribution >= 0.6 is 0 Å². The first kappa shape index (κ1) is 26.2. The van der Waals surface area contributed by atoms with Gasteiger partial charge in [0.2, 0.25) is 6.29 Å². The van der Waals surface area contributed by atoms with Crippen molar-refractivity contribution in [3.05, 3.63) is 12.2 Å². The highest BCUT2D eigenvalue weighted by Crippen LogP contribution is 2.71. The van der Waals surface area contributed by atoms with Gasteiger partial charge in [-0.05, 0) is 55.9 Å². The lowest BCUT2D eigenvalue weighted by molar-refractivity contribution is -0.300. The van der Waals surface area contributed by atoms with Gasteiger partial charge in [-0.2, -0.15) is 0 Å². The lowest BCUT2D eigenvalue weighted by Crippen LogP contribution is -2.67. The van der Waals surface area contributed by atoms with Crippen molar-refractivity contribution in [1.29, 1.82) is 0 Å². The molecule has 0 aromatic carbocycles. The van der Waals surface area contributed by atoms with Crippen molar-refractivity contribution in [2.45, 2.75) is 95.3 Å². The Labute approximate surface area is 209 Å². The highest BCUT2D eigenvalue weighted by atomic mass is 16.7. The Kier molecular flexibility index (Phi) is 6.23. The third kappa shape index (κ3) is 3.35. The van der Waals surface area contributed by atoms with Crippen LogP contribution in [-0.2, 0) is 19.1 Å². The SMILES string of the molecule is C=C1C(=O)[C@]23C[C@H]1C[C@H](O)[C@H]2[C@]1(C)CCC[C@@](C)(C(=O)O[C@@H]2O[C@H](CO)[C@@H](O)[C@H](O)[C@H]2O)[C@H]1[C@@H](O)C3. The van der Waals surface area contributed by atoms with Crippen LogP contribution in [-0.4, -0.2) is 91.9 Å². The second kappa shape index (κ2) is 8.56. The van der Waals surface area contributed by atoms with Crippen LogP contribution in [0.4, 0.5) is 0 Å². The first-order valence-corrected chi connectivity index (χ1v) is 12.9. The van der Waals surface area contributed by atoms with Crippen molar-refractivity contribution in [2.24, 2.45) is 34.0 Å². The zero-order valence-corrected chi connectivity index (χ0v) is 20.7. The molecule has 5 aliphatic rings.